The third-order valence-corrected chi connectivity index (χ3v) is 10.4. The second-order valence-corrected chi connectivity index (χ2v) is 13.6. The fourth-order valence-corrected chi connectivity index (χ4v) is 7.93. The summed E-state index contributed by atoms with van der Waals surface area (Å²) in [5, 5.41) is 6.55. The molecular formula is C29H36N10O6S2. The van der Waals surface area contributed by atoms with E-state index in [2.05, 4.69) is 30.3 Å². The lowest BCUT2D eigenvalue weighted by Crippen LogP contribution is -2.51. The molecule has 250 valence electrons. The standard InChI is InChI=1S/C29H36N10O6S2/c1-14(2)20(35-29(43)45-4)27(41)39-10-6-8-18(39)22-31-12-16(34-22)24-37-26-25(47-24)36-23(46-26)15-11-30-21(33-15)17-7-5-9-38(17)19(40)13-32-28(42)44-3/h11-12,14,17-18,20H,5-10,13H2,1-4H3,(H,30,33)(H,31,34)(H,32,42)(H,35,43)/t17-,18?,20-/m0/s1. The minimum atomic E-state index is -0.704. The van der Waals surface area contributed by atoms with Gasteiger partial charge >= 0.3 is 12.2 Å². The molecule has 4 N–H and O–H groups in total. The zero-order valence-corrected chi connectivity index (χ0v) is 28.0. The predicted octanol–water partition coefficient (Wildman–Crippen LogP) is 3.60. The van der Waals surface area contributed by atoms with E-state index in [1.165, 1.54) is 36.9 Å². The monoisotopic (exact) mass is 684 g/mol. The Hall–Kier alpha value is -4.58. The van der Waals surface area contributed by atoms with Gasteiger partial charge in [-0.15, -0.1) is 0 Å². The maximum atomic E-state index is 13.5. The lowest BCUT2D eigenvalue weighted by molar-refractivity contribution is -0.135. The van der Waals surface area contributed by atoms with Crippen LogP contribution >= 0.6 is 22.7 Å². The Morgan fingerprint density at radius 1 is 0.936 bits per heavy atom. The Labute approximate surface area is 277 Å². The largest absolute Gasteiger partial charge is 0.453 e. The van der Waals surface area contributed by atoms with Crippen molar-refractivity contribution in [2.45, 2.75) is 57.7 Å². The zero-order valence-electron chi connectivity index (χ0n) is 26.4. The molecule has 16 nitrogen and oxygen atoms in total. The maximum Gasteiger partial charge on any atom is 0.407 e. The number of hydrogen-bond donors (Lipinski definition) is 4. The smallest absolute Gasteiger partial charge is 0.407 e. The van der Waals surface area contributed by atoms with E-state index in [0.29, 0.717) is 35.4 Å². The number of imidazole rings is 2. The van der Waals surface area contributed by atoms with Crippen LogP contribution in [0.25, 0.3) is 31.1 Å². The van der Waals surface area contributed by atoms with Crippen LogP contribution in [0.4, 0.5) is 9.59 Å². The molecule has 2 saturated heterocycles. The highest BCUT2D eigenvalue weighted by atomic mass is 32.1. The van der Waals surface area contributed by atoms with E-state index >= 15 is 0 Å². The number of carbonyl (C=O) groups excluding carboxylic acids is 4. The molecule has 2 aliphatic rings. The molecule has 2 fully saturated rings. The first kappa shape index (κ1) is 32.4. The lowest BCUT2D eigenvalue weighted by atomic mass is 10.0. The van der Waals surface area contributed by atoms with Crippen molar-refractivity contribution in [2.24, 2.45) is 5.92 Å². The fraction of sp³-hybridized carbons (Fsp3) is 0.517. The number of amides is 4. The van der Waals surface area contributed by atoms with Gasteiger partial charge in [0.2, 0.25) is 11.8 Å². The molecule has 4 aromatic rings. The number of thiazole rings is 2. The van der Waals surface area contributed by atoms with Crippen molar-refractivity contribution in [3.05, 3.63) is 24.0 Å². The van der Waals surface area contributed by atoms with Crippen LogP contribution in [-0.4, -0.2) is 104 Å². The third kappa shape index (κ3) is 6.64. The van der Waals surface area contributed by atoms with Crippen molar-refractivity contribution in [3.8, 4) is 21.4 Å². The lowest BCUT2D eigenvalue weighted by Gasteiger charge is -2.29. The zero-order chi connectivity index (χ0) is 33.2. The number of alkyl carbamates (subject to hydrolysis) is 2. The van der Waals surface area contributed by atoms with Crippen molar-refractivity contribution in [3.63, 3.8) is 0 Å². The van der Waals surface area contributed by atoms with Crippen LogP contribution in [0, 0.1) is 5.92 Å². The number of nitrogens with one attached hydrogen (secondary N) is 4. The van der Waals surface area contributed by atoms with Crippen molar-refractivity contribution >= 4 is 56.3 Å². The highest BCUT2D eigenvalue weighted by molar-refractivity contribution is 7.29. The summed E-state index contributed by atoms with van der Waals surface area (Å²) in [4.78, 5) is 80.0. The van der Waals surface area contributed by atoms with Gasteiger partial charge in [0.1, 0.15) is 39.9 Å². The Balaban J connectivity index is 1.14. The Bertz CT molecular complexity index is 1750. The van der Waals surface area contributed by atoms with E-state index in [9.17, 15) is 19.2 Å². The number of carbonyl (C=O) groups is 4. The van der Waals surface area contributed by atoms with Gasteiger partial charge in [0.05, 0.1) is 38.2 Å². The van der Waals surface area contributed by atoms with E-state index in [1.54, 1.807) is 22.2 Å². The van der Waals surface area contributed by atoms with E-state index < -0.39 is 18.2 Å². The number of aromatic nitrogens is 6. The van der Waals surface area contributed by atoms with Crippen LogP contribution in [0.3, 0.4) is 0 Å². The van der Waals surface area contributed by atoms with Crippen LogP contribution in [0.15, 0.2) is 12.4 Å². The molecule has 0 spiro atoms. The molecule has 6 heterocycles. The van der Waals surface area contributed by atoms with Crippen LogP contribution in [-0.2, 0) is 19.1 Å². The predicted molar refractivity (Wildman–Crippen MR) is 172 cm³/mol. The van der Waals surface area contributed by atoms with E-state index in [0.717, 1.165) is 46.0 Å². The molecule has 4 amide bonds. The van der Waals surface area contributed by atoms with E-state index in [4.69, 9.17) is 19.7 Å². The minimum absolute atomic E-state index is 0.118. The Kier molecular flexibility index (Phi) is 9.40. The quantitative estimate of drug-likeness (QED) is 0.202. The first-order valence-electron chi connectivity index (χ1n) is 15.3. The normalized spacial score (nSPS) is 18.6. The average Bonchev–Trinajstić information content (AvgIpc) is 3.90. The molecule has 4 aromatic heterocycles. The molecule has 0 bridgehead atoms. The summed E-state index contributed by atoms with van der Waals surface area (Å²) in [5.41, 5.74) is 1.40. The van der Waals surface area contributed by atoms with Gasteiger partial charge in [-0.2, -0.15) is 0 Å². The number of H-pyrrole nitrogens is 2. The molecule has 18 heteroatoms. The number of methoxy groups -OCH3 is 2. The van der Waals surface area contributed by atoms with Crippen molar-refractivity contribution in [1.82, 2.24) is 50.3 Å². The summed E-state index contributed by atoms with van der Waals surface area (Å²) in [6.45, 7) is 4.78. The van der Waals surface area contributed by atoms with Crippen molar-refractivity contribution < 1.29 is 28.7 Å². The first-order chi connectivity index (χ1) is 22.7. The molecule has 6 rings (SSSR count). The first-order valence-corrected chi connectivity index (χ1v) is 16.9. The molecule has 0 aromatic carbocycles. The highest BCUT2D eigenvalue weighted by Crippen LogP contribution is 2.38. The van der Waals surface area contributed by atoms with Crippen LogP contribution < -0.4 is 10.6 Å². The van der Waals surface area contributed by atoms with Gasteiger partial charge in [-0.25, -0.2) is 29.5 Å². The molecule has 2 aliphatic heterocycles. The Morgan fingerprint density at radius 2 is 1.60 bits per heavy atom. The number of fused-ring (bicyclic) bond motifs is 1. The van der Waals surface area contributed by atoms with Gasteiger partial charge in [-0.05, 0) is 31.6 Å². The summed E-state index contributed by atoms with van der Waals surface area (Å²) < 4.78 is 9.28. The maximum absolute atomic E-state index is 13.5. The van der Waals surface area contributed by atoms with Crippen molar-refractivity contribution in [1.29, 1.82) is 0 Å². The third-order valence-electron chi connectivity index (χ3n) is 8.32. The molecule has 0 radical (unpaired) electrons. The van der Waals surface area contributed by atoms with Gasteiger partial charge in [-0.1, -0.05) is 36.5 Å². The van der Waals surface area contributed by atoms with Crippen LogP contribution in [0.2, 0.25) is 0 Å². The molecular weight excluding hydrogens is 649 g/mol. The molecule has 3 atom stereocenters. The number of nitrogens with zero attached hydrogens (tertiary/aromatic N) is 6. The van der Waals surface area contributed by atoms with Crippen LogP contribution in [0.5, 0.6) is 0 Å². The SMILES string of the molecule is COC(=O)NCC(=O)N1CCC[C@H]1c1ncc(-c2nc3sc(-c4c[nH]c(C5CCCN5C(=O)[C@@H](NC(=O)OC)C(C)C)n4)nc3s2)[nH]1. The number of aromatic amines is 2. The average molecular weight is 685 g/mol. The molecule has 0 aliphatic carbocycles. The fourth-order valence-electron chi connectivity index (χ4n) is 5.96. The summed E-state index contributed by atoms with van der Waals surface area (Å²) in [6.07, 6.45) is 5.39. The van der Waals surface area contributed by atoms with E-state index in [1.807, 2.05) is 13.8 Å². The van der Waals surface area contributed by atoms with Gasteiger partial charge < -0.3 is 39.9 Å². The van der Waals surface area contributed by atoms with Gasteiger partial charge in [0.25, 0.3) is 0 Å². The summed E-state index contributed by atoms with van der Waals surface area (Å²) >= 11 is 2.86. The highest BCUT2D eigenvalue weighted by Gasteiger charge is 2.38. The summed E-state index contributed by atoms with van der Waals surface area (Å²) in [6, 6.07) is -1.17. The van der Waals surface area contributed by atoms with Crippen LogP contribution in [0.1, 0.15) is 63.3 Å². The van der Waals surface area contributed by atoms with Gasteiger partial charge in [-0.3, -0.25) is 9.59 Å². The summed E-state index contributed by atoms with van der Waals surface area (Å²) in [5.74, 6) is 0.852. The van der Waals surface area contributed by atoms with Gasteiger partial charge in [0, 0.05) is 19.3 Å². The number of hydrogen-bond acceptors (Lipinski definition) is 12. The number of likely N-dealkylation sites (tertiary alicyclic amines) is 2. The second-order valence-electron chi connectivity index (χ2n) is 11.6. The molecule has 1 unspecified atom stereocenters. The summed E-state index contributed by atoms with van der Waals surface area (Å²) in [7, 11) is 2.53. The number of rotatable bonds is 9. The van der Waals surface area contributed by atoms with E-state index in [-0.39, 0.29) is 36.4 Å². The topological polar surface area (TPSA) is 200 Å². The molecule has 0 saturated carbocycles. The second kappa shape index (κ2) is 13.6. The van der Waals surface area contributed by atoms with Gasteiger partial charge in [0.15, 0.2) is 9.66 Å². The Morgan fingerprint density at radius 3 is 2.30 bits per heavy atom. The minimum Gasteiger partial charge on any atom is -0.453 e. The number of ether oxygens (including phenoxy) is 2. The molecule has 47 heavy (non-hydrogen) atoms. The van der Waals surface area contributed by atoms with Crippen molar-refractivity contribution in [2.75, 3.05) is 33.9 Å².